The fraction of sp³-hybridized carbons (Fsp3) is 0.521. The van der Waals surface area contributed by atoms with E-state index in [4.69, 9.17) is 34.2 Å². The van der Waals surface area contributed by atoms with Crippen molar-refractivity contribution in [3.63, 3.8) is 0 Å². The largest absolute Gasteiger partial charge is 0.467 e. The van der Waals surface area contributed by atoms with E-state index in [0.717, 1.165) is 33.4 Å². The predicted octanol–water partition coefficient (Wildman–Crippen LogP) is 6.10. The number of amides is 5. The Hall–Kier alpha value is -5.07. The van der Waals surface area contributed by atoms with Gasteiger partial charge in [-0.3, -0.25) is 9.59 Å². The molecule has 0 aromatic heterocycles. The number of nitrogens with two attached hydrogens (primary N) is 1. The van der Waals surface area contributed by atoms with E-state index < -0.39 is 72.5 Å². The number of carbonyl (C=O) groups is 5. The van der Waals surface area contributed by atoms with Gasteiger partial charge >= 0.3 is 18.1 Å². The minimum atomic E-state index is -1.06. The molecule has 6 N–H and O–H groups in total. The van der Waals surface area contributed by atoms with Crippen LogP contribution in [0.2, 0.25) is 0 Å². The van der Waals surface area contributed by atoms with Gasteiger partial charge in [-0.2, -0.15) is 0 Å². The zero-order chi connectivity index (χ0) is 47.0. The van der Waals surface area contributed by atoms with Gasteiger partial charge in [0.25, 0.3) is 0 Å². The summed E-state index contributed by atoms with van der Waals surface area (Å²) in [7, 11) is 1.30. The van der Waals surface area contributed by atoms with E-state index in [-0.39, 0.29) is 31.4 Å². The van der Waals surface area contributed by atoms with Gasteiger partial charge in [0.2, 0.25) is 11.8 Å². The Kier molecular flexibility index (Phi) is 19.6. The summed E-state index contributed by atoms with van der Waals surface area (Å²) in [4.78, 5) is 65.7. The standard InChI is InChI=1S/C48H64BrN5O11/c1-7-61-40-38(65-43(46(57)60-6)42(63-9-3)41(40)62-8-2)23-21-29-25-31(22-20-30(29)26-49)52-44(55)37(19-14-24-51-47(50)58)53-45(56)39(28(4)5)54-48(59)64-27-36-34-17-12-10-15-32(34)33-16-11-13-18-35(33)36/h10-13,15-18,20,22,25,28,36-43H,7-9,14,19,21,23-24,26-27H2,1-6H3,(H,52,55)(H,53,56)(H,54,59)(H3,50,51,58)/t37-,38-,39-,40-,41+,42-,43-/m0/s1. The summed E-state index contributed by atoms with van der Waals surface area (Å²) in [5.41, 5.74) is 11.9. The molecule has 7 atom stereocenters. The molecule has 3 aromatic rings. The number of alkyl carbamates (subject to hydrolysis) is 1. The second-order valence-electron chi connectivity index (χ2n) is 16.2. The van der Waals surface area contributed by atoms with Gasteiger partial charge < -0.3 is 55.4 Å². The van der Waals surface area contributed by atoms with Crippen LogP contribution in [0.1, 0.15) is 82.1 Å². The maximum Gasteiger partial charge on any atom is 0.407 e. The number of nitrogens with one attached hydrogen (secondary N) is 4. The monoisotopic (exact) mass is 965 g/mol. The molecule has 0 bridgehead atoms. The third kappa shape index (κ3) is 13.3. The summed E-state index contributed by atoms with van der Waals surface area (Å²) in [6.07, 6.45) is -2.90. The first kappa shape index (κ1) is 50.9. The lowest BCUT2D eigenvalue weighted by atomic mass is 9.90. The average Bonchev–Trinajstić information content (AvgIpc) is 3.62. The number of hydrogen-bond acceptors (Lipinski definition) is 11. The smallest absolute Gasteiger partial charge is 0.407 e. The molecule has 5 rings (SSSR count). The first-order chi connectivity index (χ1) is 31.3. The first-order valence-electron chi connectivity index (χ1n) is 22.4. The number of aryl methyl sites for hydroxylation is 1. The van der Waals surface area contributed by atoms with Gasteiger partial charge in [0.05, 0.1) is 13.2 Å². The van der Waals surface area contributed by atoms with Gasteiger partial charge in [-0.05, 0) is 97.9 Å². The molecule has 1 aliphatic heterocycles. The van der Waals surface area contributed by atoms with Crippen molar-refractivity contribution in [3.05, 3.63) is 89.0 Å². The number of ether oxygens (including phenoxy) is 6. The number of esters is 1. The lowest BCUT2D eigenvalue weighted by Gasteiger charge is -2.45. The molecule has 354 valence electrons. The summed E-state index contributed by atoms with van der Waals surface area (Å²) >= 11 is 3.59. The molecule has 17 heteroatoms. The van der Waals surface area contributed by atoms with Crippen molar-refractivity contribution in [3.8, 4) is 11.1 Å². The molecule has 5 amide bonds. The minimum Gasteiger partial charge on any atom is -0.467 e. The molecule has 0 saturated carbocycles. The van der Waals surface area contributed by atoms with Crippen LogP contribution in [0.5, 0.6) is 0 Å². The second kappa shape index (κ2) is 25.0. The summed E-state index contributed by atoms with van der Waals surface area (Å²) in [5.74, 6) is -2.20. The number of benzene rings is 3. The van der Waals surface area contributed by atoms with Crippen molar-refractivity contribution in [2.75, 3.05) is 45.4 Å². The number of rotatable bonds is 23. The Balaban J connectivity index is 1.28. The minimum absolute atomic E-state index is 0.0665. The highest BCUT2D eigenvalue weighted by Crippen LogP contribution is 2.44. The molecule has 3 aromatic carbocycles. The van der Waals surface area contributed by atoms with Gasteiger partial charge in [-0.15, -0.1) is 0 Å². The molecule has 0 radical (unpaired) electrons. The molecule has 0 unspecified atom stereocenters. The van der Waals surface area contributed by atoms with E-state index in [2.05, 4.69) is 37.2 Å². The Morgan fingerprint density at radius 2 is 1.43 bits per heavy atom. The van der Waals surface area contributed by atoms with Gasteiger partial charge in [-0.25, -0.2) is 14.4 Å². The van der Waals surface area contributed by atoms with Crippen LogP contribution in [0.15, 0.2) is 66.7 Å². The van der Waals surface area contributed by atoms with E-state index in [0.29, 0.717) is 50.1 Å². The fourth-order valence-corrected chi connectivity index (χ4v) is 9.09. The summed E-state index contributed by atoms with van der Waals surface area (Å²) in [5, 5.41) is 11.6. The summed E-state index contributed by atoms with van der Waals surface area (Å²) < 4.78 is 35.6. The lowest BCUT2D eigenvalue weighted by molar-refractivity contribution is -0.257. The molecular weight excluding hydrogens is 902 g/mol. The Bertz CT molecular complexity index is 2040. The number of alkyl halides is 1. The average molecular weight is 967 g/mol. The topological polar surface area (TPSA) is 215 Å². The molecule has 1 fully saturated rings. The molecule has 0 spiro atoms. The number of primary amides is 1. The van der Waals surface area contributed by atoms with Crippen LogP contribution < -0.4 is 27.0 Å². The Labute approximate surface area is 389 Å². The van der Waals surface area contributed by atoms with Gasteiger partial charge in [0.1, 0.15) is 37.0 Å². The third-order valence-corrected chi connectivity index (χ3v) is 12.2. The van der Waals surface area contributed by atoms with E-state index in [1.165, 1.54) is 7.11 Å². The van der Waals surface area contributed by atoms with E-state index in [1.54, 1.807) is 19.9 Å². The number of halogens is 1. The quantitative estimate of drug-likeness (QED) is 0.0416. The van der Waals surface area contributed by atoms with E-state index >= 15 is 0 Å². The van der Waals surface area contributed by atoms with Gasteiger partial charge in [0.15, 0.2) is 6.10 Å². The lowest BCUT2D eigenvalue weighted by Crippen LogP contribution is -2.62. The number of urea groups is 1. The van der Waals surface area contributed by atoms with Crippen molar-refractivity contribution < 1.29 is 52.4 Å². The van der Waals surface area contributed by atoms with Crippen molar-refractivity contribution in [1.29, 1.82) is 0 Å². The second-order valence-corrected chi connectivity index (χ2v) is 16.8. The van der Waals surface area contributed by atoms with Gasteiger partial charge in [-0.1, -0.05) is 84.4 Å². The highest BCUT2D eigenvalue weighted by molar-refractivity contribution is 9.08. The molecule has 1 aliphatic carbocycles. The Morgan fingerprint density at radius 3 is 2.03 bits per heavy atom. The number of methoxy groups -OCH3 is 1. The molecule has 1 saturated heterocycles. The molecule has 65 heavy (non-hydrogen) atoms. The number of fused-ring (bicyclic) bond motifs is 3. The molecule has 2 aliphatic rings. The highest BCUT2D eigenvalue weighted by atomic mass is 79.9. The third-order valence-electron chi connectivity index (χ3n) is 11.6. The van der Waals surface area contributed by atoms with Crippen molar-refractivity contribution in [2.24, 2.45) is 11.7 Å². The number of carbonyl (C=O) groups excluding carboxylic acids is 5. The number of hydrogen-bond donors (Lipinski definition) is 5. The Morgan fingerprint density at radius 1 is 0.800 bits per heavy atom. The highest BCUT2D eigenvalue weighted by Gasteiger charge is 2.50. The normalized spacial score (nSPS) is 19.9. The zero-order valence-corrected chi connectivity index (χ0v) is 39.7. The zero-order valence-electron chi connectivity index (χ0n) is 38.1. The van der Waals surface area contributed by atoms with Gasteiger partial charge in [0, 0.05) is 43.3 Å². The molecule has 1 heterocycles. The van der Waals surface area contributed by atoms with Crippen LogP contribution >= 0.6 is 15.9 Å². The summed E-state index contributed by atoms with van der Waals surface area (Å²) in [6, 6.07) is 18.7. The van der Waals surface area contributed by atoms with Crippen molar-refractivity contribution in [1.82, 2.24) is 16.0 Å². The van der Waals surface area contributed by atoms with Crippen LogP contribution in [-0.2, 0) is 54.6 Å². The predicted molar refractivity (Wildman–Crippen MR) is 249 cm³/mol. The van der Waals surface area contributed by atoms with Crippen LogP contribution in [0, 0.1) is 5.92 Å². The van der Waals surface area contributed by atoms with Crippen molar-refractivity contribution >= 4 is 51.5 Å². The van der Waals surface area contributed by atoms with Crippen LogP contribution in [0.3, 0.4) is 0 Å². The maximum atomic E-state index is 14.1. The molecular formula is C48H64BrN5O11. The SMILES string of the molecule is CCO[C@@H]1[C@@H](OCC)[C@H](CCc2cc(NC(=O)[C@H](CCCNC(N)=O)NC(=O)[C@@H](NC(=O)OCC3c4ccccc4-c4ccccc43)C(C)C)ccc2CBr)O[C@H](C(=O)OC)[C@H]1OCC. The number of anilines is 1. The van der Waals surface area contributed by atoms with Crippen LogP contribution in [0.25, 0.3) is 11.1 Å². The van der Waals surface area contributed by atoms with E-state index in [9.17, 15) is 24.0 Å². The maximum absolute atomic E-state index is 14.1. The molecule has 16 nitrogen and oxygen atoms in total. The van der Waals surface area contributed by atoms with Crippen LogP contribution in [0.4, 0.5) is 15.3 Å². The van der Waals surface area contributed by atoms with Crippen molar-refractivity contribution in [2.45, 2.75) is 114 Å². The van der Waals surface area contributed by atoms with Crippen LogP contribution in [-0.4, -0.2) is 113 Å². The summed E-state index contributed by atoms with van der Waals surface area (Å²) in [6.45, 7) is 10.5. The fourth-order valence-electron chi connectivity index (χ4n) is 8.55. The first-order valence-corrected chi connectivity index (χ1v) is 23.5. The van der Waals surface area contributed by atoms with E-state index in [1.807, 2.05) is 81.4 Å².